The Morgan fingerprint density at radius 3 is 2.73 bits per heavy atom. The summed E-state index contributed by atoms with van der Waals surface area (Å²) in [4.78, 5) is 34.7. The maximum absolute atomic E-state index is 14.4. The predicted octanol–water partition coefficient (Wildman–Crippen LogP) is 4.11. The van der Waals surface area contributed by atoms with Gasteiger partial charge >= 0.3 is 6.03 Å². The molecule has 1 aliphatic carbocycles. The third kappa shape index (κ3) is 4.45. The molecule has 6 rings (SSSR count). The van der Waals surface area contributed by atoms with Gasteiger partial charge in [0.2, 0.25) is 11.9 Å². The van der Waals surface area contributed by atoms with E-state index in [2.05, 4.69) is 21.0 Å². The van der Waals surface area contributed by atoms with Gasteiger partial charge in [-0.25, -0.2) is 9.18 Å². The molecule has 37 heavy (non-hydrogen) atoms. The maximum Gasteiger partial charge on any atom is 0.326 e. The normalized spacial score (nSPS) is 16.2. The number of anilines is 3. The van der Waals surface area contributed by atoms with Crippen molar-refractivity contribution in [3.63, 3.8) is 0 Å². The fraction of sp³-hybridized carbons (Fsp3) is 0.160. The van der Waals surface area contributed by atoms with Crippen LogP contribution < -0.4 is 20.9 Å². The van der Waals surface area contributed by atoms with E-state index in [0.717, 1.165) is 24.0 Å². The first kappa shape index (κ1) is 22.9. The van der Waals surface area contributed by atoms with Crippen LogP contribution in [0, 0.1) is 5.82 Å². The molecule has 3 heterocycles. The number of benzene rings is 2. The molecule has 2 aromatic heterocycles. The molecule has 0 radical (unpaired) electrons. The van der Waals surface area contributed by atoms with Crippen LogP contribution in [0.15, 0.2) is 54.4 Å². The minimum absolute atomic E-state index is 0.0819. The molecule has 12 heteroatoms. The van der Waals surface area contributed by atoms with E-state index in [1.807, 2.05) is 12.1 Å². The lowest BCUT2D eigenvalue weighted by Crippen LogP contribution is -2.22. The van der Waals surface area contributed by atoms with Crippen LogP contribution in [-0.4, -0.2) is 44.6 Å². The number of nitrogens with one attached hydrogen (secondary N) is 3. The van der Waals surface area contributed by atoms with Gasteiger partial charge in [-0.05, 0) is 54.8 Å². The van der Waals surface area contributed by atoms with Crippen molar-refractivity contribution in [2.45, 2.75) is 18.9 Å². The van der Waals surface area contributed by atoms with E-state index in [0.29, 0.717) is 27.9 Å². The Hall–Kier alpha value is -4.51. The van der Waals surface area contributed by atoms with Gasteiger partial charge in [-0.15, -0.1) is 0 Å². The van der Waals surface area contributed by atoms with E-state index in [9.17, 15) is 14.0 Å². The average molecular weight is 519 g/mol. The number of amides is 3. The molecule has 0 spiro atoms. The molecular formula is C25H20ClFN8O2. The number of urea groups is 1. The molecule has 1 aliphatic heterocycles. The molecule has 0 atom stereocenters. The lowest BCUT2D eigenvalue weighted by Gasteiger charge is -2.22. The second-order valence-corrected chi connectivity index (χ2v) is 9.23. The zero-order valence-corrected chi connectivity index (χ0v) is 20.3. The van der Waals surface area contributed by atoms with Gasteiger partial charge in [0.1, 0.15) is 11.5 Å². The van der Waals surface area contributed by atoms with Crippen LogP contribution in [0.1, 0.15) is 18.4 Å². The molecule has 1 saturated carbocycles. The van der Waals surface area contributed by atoms with Gasteiger partial charge in [-0.3, -0.25) is 10.1 Å². The second kappa shape index (κ2) is 8.86. The second-order valence-electron chi connectivity index (χ2n) is 8.80. The quantitative estimate of drug-likeness (QED) is 0.260. The van der Waals surface area contributed by atoms with Gasteiger partial charge < -0.3 is 15.5 Å². The Balaban J connectivity index is 1.48. The van der Waals surface area contributed by atoms with E-state index in [1.165, 1.54) is 24.4 Å². The zero-order valence-electron chi connectivity index (χ0n) is 19.5. The topological polar surface area (TPSA) is 117 Å². The Labute approximate surface area is 215 Å². The highest BCUT2D eigenvalue weighted by atomic mass is 35.5. The number of hydrogen-bond donors (Lipinski definition) is 3. The molecule has 2 aromatic carbocycles. The minimum atomic E-state index is -0.599. The number of imide groups is 1. The fourth-order valence-corrected chi connectivity index (χ4v) is 4.26. The van der Waals surface area contributed by atoms with E-state index in [-0.39, 0.29) is 17.7 Å². The van der Waals surface area contributed by atoms with Crippen LogP contribution >= 0.6 is 11.6 Å². The van der Waals surface area contributed by atoms with Crippen LogP contribution in [-0.2, 0) is 4.79 Å². The van der Waals surface area contributed by atoms with Crippen molar-refractivity contribution in [1.82, 2.24) is 30.2 Å². The summed E-state index contributed by atoms with van der Waals surface area (Å²) >= 11 is 6.22. The Bertz CT molecular complexity index is 1610. The summed E-state index contributed by atoms with van der Waals surface area (Å²) in [6.07, 6.45) is 5.05. The van der Waals surface area contributed by atoms with Gasteiger partial charge in [-0.1, -0.05) is 23.7 Å². The molecule has 1 saturated heterocycles. The number of aromatic nitrogens is 4. The van der Waals surface area contributed by atoms with Crippen LogP contribution in [0.5, 0.6) is 0 Å². The van der Waals surface area contributed by atoms with Gasteiger partial charge in [0, 0.05) is 29.2 Å². The first-order valence-electron chi connectivity index (χ1n) is 11.5. The highest BCUT2D eigenvalue weighted by Crippen LogP contribution is 2.36. The summed E-state index contributed by atoms with van der Waals surface area (Å²) in [5, 5.41) is 12.9. The molecule has 3 amide bonds. The smallest absolute Gasteiger partial charge is 0.326 e. The van der Waals surface area contributed by atoms with Gasteiger partial charge in [-0.2, -0.15) is 19.6 Å². The lowest BCUT2D eigenvalue weighted by atomic mass is 10.0. The first-order chi connectivity index (χ1) is 17.9. The van der Waals surface area contributed by atoms with Crippen molar-refractivity contribution < 1.29 is 14.0 Å². The van der Waals surface area contributed by atoms with Crippen LogP contribution in [0.3, 0.4) is 0 Å². The Morgan fingerprint density at radius 2 is 2.00 bits per heavy atom. The molecule has 0 bridgehead atoms. The summed E-state index contributed by atoms with van der Waals surface area (Å²) in [7, 11) is 1.74. The number of carbonyl (C=O) groups is 2. The lowest BCUT2D eigenvalue weighted by molar-refractivity contribution is -0.115. The van der Waals surface area contributed by atoms with E-state index in [1.54, 1.807) is 34.7 Å². The van der Waals surface area contributed by atoms with Crippen LogP contribution in [0.4, 0.5) is 26.8 Å². The monoisotopic (exact) mass is 518 g/mol. The molecule has 4 aromatic rings. The molecule has 0 unspecified atom stereocenters. The number of hydrogen-bond acceptors (Lipinski definition) is 7. The number of carbonyl (C=O) groups excluding carboxylic acids is 2. The van der Waals surface area contributed by atoms with Crippen molar-refractivity contribution >= 4 is 52.8 Å². The zero-order chi connectivity index (χ0) is 25.7. The summed E-state index contributed by atoms with van der Waals surface area (Å²) in [5.41, 5.74) is 3.07. The summed E-state index contributed by atoms with van der Waals surface area (Å²) < 4.78 is 16.0. The Kier molecular flexibility index (Phi) is 5.49. The number of halogens is 2. The van der Waals surface area contributed by atoms with Crippen molar-refractivity contribution in [3.8, 4) is 11.1 Å². The van der Waals surface area contributed by atoms with Crippen molar-refractivity contribution in [2.24, 2.45) is 0 Å². The first-order valence-corrected chi connectivity index (χ1v) is 11.9. The van der Waals surface area contributed by atoms with Crippen LogP contribution in [0.25, 0.3) is 22.9 Å². The summed E-state index contributed by atoms with van der Waals surface area (Å²) in [6.45, 7) is 0. The highest BCUT2D eigenvalue weighted by molar-refractivity contribution is 6.30. The third-order valence-corrected chi connectivity index (χ3v) is 6.31. The van der Waals surface area contributed by atoms with Crippen molar-refractivity contribution in [1.29, 1.82) is 0 Å². The SMILES string of the molecule is CN(c1nc(NC2CC2)n2ncc(/C=C3\NC(=O)NC3=O)c2n1)c1cc(F)ccc1-c1cccc(Cl)c1. The average Bonchev–Trinajstić information content (AvgIpc) is 3.51. The maximum atomic E-state index is 14.4. The number of nitrogens with zero attached hydrogens (tertiary/aromatic N) is 5. The van der Waals surface area contributed by atoms with E-state index in [4.69, 9.17) is 21.6 Å². The molecule has 2 aliphatic rings. The molecule has 3 N–H and O–H groups in total. The number of fused-ring (bicyclic) bond motifs is 1. The standard InChI is InChI=1S/C25H20ClFN8O2/c1-34(20-11-16(27)5-8-18(20)13-3-2-4-15(26)9-13)23-31-21-14(10-19-22(36)32-25(37)30-19)12-28-35(21)24(33-23)29-17-6-7-17/h2-5,8-12,17H,6-7H2,1H3,(H,29,31,33)(H2,30,32,36,37)/b19-10-. The van der Waals surface area contributed by atoms with Gasteiger partial charge in [0.05, 0.1) is 11.9 Å². The summed E-state index contributed by atoms with van der Waals surface area (Å²) in [6, 6.07) is 11.4. The number of rotatable bonds is 6. The molecule has 186 valence electrons. The predicted molar refractivity (Wildman–Crippen MR) is 137 cm³/mol. The van der Waals surface area contributed by atoms with Crippen molar-refractivity contribution in [2.75, 3.05) is 17.3 Å². The Morgan fingerprint density at radius 1 is 1.16 bits per heavy atom. The van der Waals surface area contributed by atoms with Gasteiger partial charge in [0.15, 0.2) is 5.65 Å². The van der Waals surface area contributed by atoms with Crippen molar-refractivity contribution in [3.05, 3.63) is 70.8 Å². The highest BCUT2D eigenvalue weighted by Gasteiger charge is 2.27. The van der Waals surface area contributed by atoms with Gasteiger partial charge in [0.25, 0.3) is 5.91 Å². The minimum Gasteiger partial charge on any atom is -0.351 e. The summed E-state index contributed by atoms with van der Waals surface area (Å²) in [5.74, 6) is -0.218. The van der Waals surface area contributed by atoms with Crippen LogP contribution in [0.2, 0.25) is 5.02 Å². The van der Waals surface area contributed by atoms with E-state index < -0.39 is 17.8 Å². The fourth-order valence-electron chi connectivity index (χ4n) is 4.07. The largest absolute Gasteiger partial charge is 0.351 e. The molecule has 10 nitrogen and oxygen atoms in total. The van der Waals surface area contributed by atoms with E-state index >= 15 is 0 Å². The molecule has 2 fully saturated rings. The molecular weight excluding hydrogens is 499 g/mol. The third-order valence-electron chi connectivity index (χ3n) is 6.07.